The van der Waals surface area contributed by atoms with E-state index < -0.39 is 15.1 Å². The van der Waals surface area contributed by atoms with Crippen molar-refractivity contribution >= 4 is 32.3 Å². The Balaban J connectivity index is 1.60. The summed E-state index contributed by atoms with van der Waals surface area (Å²) in [5.74, 6) is 1.05. The Hall–Kier alpha value is -2.54. The highest BCUT2D eigenvalue weighted by Crippen LogP contribution is 2.39. The lowest BCUT2D eigenvalue weighted by molar-refractivity contribution is 0.0941. The number of benzene rings is 1. The second-order valence-corrected chi connectivity index (χ2v) is 11.2. The van der Waals surface area contributed by atoms with E-state index in [-0.39, 0.29) is 17.7 Å². The summed E-state index contributed by atoms with van der Waals surface area (Å²) in [4.78, 5) is 18.0. The molecule has 0 spiro atoms. The van der Waals surface area contributed by atoms with Crippen LogP contribution in [0.3, 0.4) is 0 Å². The molecule has 2 atom stereocenters. The number of allylic oxidation sites excluding steroid dienone is 1. The van der Waals surface area contributed by atoms with Crippen LogP contribution in [0, 0.1) is 0 Å². The molecule has 172 valence electrons. The molecule has 0 amide bonds. The number of carbonyl (C=O) groups is 1. The fraction of sp³-hybridized carbons (Fsp3) is 0.480. The first-order chi connectivity index (χ1) is 15.2. The minimum Gasteiger partial charge on any atom is -0.383 e. The van der Waals surface area contributed by atoms with Crippen molar-refractivity contribution in [3.8, 4) is 0 Å². The molecule has 7 heteroatoms. The van der Waals surface area contributed by atoms with Crippen molar-refractivity contribution in [2.45, 2.75) is 71.1 Å². The van der Waals surface area contributed by atoms with Gasteiger partial charge in [-0.25, -0.2) is 13.5 Å². The minimum atomic E-state index is -3.12. The molecule has 0 fully saturated rings. The van der Waals surface area contributed by atoms with E-state index in [0.717, 1.165) is 52.8 Å². The van der Waals surface area contributed by atoms with E-state index in [1.807, 2.05) is 49.3 Å². The first-order valence-electron chi connectivity index (χ1n) is 11.5. The quantitative estimate of drug-likeness (QED) is 0.581. The van der Waals surface area contributed by atoms with Gasteiger partial charge in [0.05, 0.1) is 28.2 Å². The number of unbranched alkanes of at least 4 members (excludes halogenated alkanes) is 1. The smallest absolute Gasteiger partial charge is 0.227 e. The summed E-state index contributed by atoms with van der Waals surface area (Å²) in [6.07, 6.45) is 7.80. The molecule has 2 unspecified atom stereocenters. The molecule has 32 heavy (non-hydrogen) atoms. The highest BCUT2D eigenvalue weighted by Gasteiger charge is 2.35. The van der Waals surface area contributed by atoms with Gasteiger partial charge in [0.15, 0.2) is 9.84 Å². The Labute approximate surface area is 190 Å². The van der Waals surface area contributed by atoms with E-state index in [1.54, 1.807) is 17.7 Å². The normalized spacial score (nSPS) is 21.8. The maximum atomic E-state index is 12.8. The zero-order valence-corrected chi connectivity index (χ0v) is 20.1. The van der Waals surface area contributed by atoms with Crippen molar-refractivity contribution < 1.29 is 18.0 Å². The van der Waals surface area contributed by atoms with Crippen LogP contribution in [-0.2, 0) is 14.7 Å². The first kappa shape index (κ1) is 22.6. The molecule has 6 nitrogen and oxygen atoms in total. The van der Waals surface area contributed by atoms with Crippen molar-refractivity contribution in [1.82, 2.24) is 4.57 Å². The van der Waals surface area contributed by atoms with Crippen molar-refractivity contribution in [3.63, 3.8) is 0 Å². The van der Waals surface area contributed by atoms with Gasteiger partial charge in [0, 0.05) is 24.1 Å². The molecule has 1 aliphatic heterocycles. The number of aromatic nitrogens is 1. The van der Waals surface area contributed by atoms with Gasteiger partial charge in [-0.05, 0) is 69.4 Å². The second-order valence-electron chi connectivity index (χ2n) is 8.85. The monoisotopic (exact) mass is 456 g/mol. The zero-order chi connectivity index (χ0) is 23.0. The number of carbonyl (C=O) groups excluding carboxylic acids is 1. The highest BCUT2D eigenvalue weighted by molar-refractivity contribution is 7.92. The van der Waals surface area contributed by atoms with Gasteiger partial charge in [-0.3, -0.25) is 9.36 Å². The number of hydrogen-bond acceptors (Lipinski definition) is 5. The molecule has 0 N–H and O–H groups in total. The lowest BCUT2D eigenvalue weighted by Crippen LogP contribution is -2.30. The predicted molar refractivity (Wildman–Crippen MR) is 128 cm³/mol. The molecular weight excluding hydrogens is 424 g/mol. The lowest BCUT2D eigenvalue weighted by Gasteiger charge is -2.26. The van der Waals surface area contributed by atoms with Gasteiger partial charge >= 0.3 is 0 Å². The molecular formula is C25H32N2O4S. The first-order valence-corrected chi connectivity index (χ1v) is 13.2. The standard InChI is InChI=1S/C25H32N2O4S/c1-5-6-14-32(29,30)23-9-7-8-21(16-23)25-17(2)27(31-18(25)3)22-10-11-24-20(15-22)12-13-26(24)19(4)28/h10-13,15-17,23H,5-9,14H2,1-4H3. The van der Waals surface area contributed by atoms with Crippen molar-refractivity contribution in [1.29, 1.82) is 0 Å². The number of fused-ring (bicyclic) bond motifs is 1. The Morgan fingerprint density at radius 1 is 1.25 bits per heavy atom. The van der Waals surface area contributed by atoms with Gasteiger partial charge in [-0.15, -0.1) is 0 Å². The molecule has 0 bridgehead atoms. The Kier molecular flexibility index (Phi) is 6.21. The average Bonchev–Trinajstić information content (AvgIpc) is 3.32. The van der Waals surface area contributed by atoms with Gasteiger partial charge in [-0.1, -0.05) is 19.4 Å². The predicted octanol–water partition coefficient (Wildman–Crippen LogP) is 5.41. The van der Waals surface area contributed by atoms with Crippen LogP contribution in [0.15, 0.2) is 53.4 Å². The Bertz CT molecular complexity index is 1210. The van der Waals surface area contributed by atoms with E-state index in [2.05, 4.69) is 6.92 Å². The van der Waals surface area contributed by atoms with Crippen LogP contribution in [0.4, 0.5) is 5.69 Å². The number of hydroxylamine groups is 1. The summed E-state index contributed by atoms with van der Waals surface area (Å²) in [5, 5.41) is 2.45. The topological polar surface area (TPSA) is 68.6 Å². The summed E-state index contributed by atoms with van der Waals surface area (Å²) < 4.78 is 27.2. The molecule has 1 aromatic heterocycles. The Morgan fingerprint density at radius 2 is 2.03 bits per heavy atom. The molecule has 1 aliphatic carbocycles. The summed E-state index contributed by atoms with van der Waals surface area (Å²) in [6.45, 7) is 7.61. The molecule has 1 aromatic carbocycles. The summed E-state index contributed by atoms with van der Waals surface area (Å²) in [6, 6.07) is 7.81. The van der Waals surface area contributed by atoms with Gasteiger partial charge < -0.3 is 4.84 Å². The van der Waals surface area contributed by atoms with E-state index in [1.165, 1.54) is 0 Å². The largest absolute Gasteiger partial charge is 0.383 e. The fourth-order valence-corrected chi connectivity index (χ4v) is 6.78. The maximum absolute atomic E-state index is 12.8. The zero-order valence-electron chi connectivity index (χ0n) is 19.3. The third kappa shape index (κ3) is 4.10. The van der Waals surface area contributed by atoms with Gasteiger partial charge in [0.25, 0.3) is 0 Å². The molecule has 2 aliphatic rings. The third-order valence-electron chi connectivity index (χ3n) is 6.56. The number of nitrogens with zero attached hydrogens (tertiary/aromatic N) is 2. The molecule has 2 heterocycles. The van der Waals surface area contributed by atoms with Crippen LogP contribution in [-0.4, -0.2) is 35.9 Å². The molecule has 0 saturated heterocycles. The summed E-state index contributed by atoms with van der Waals surface area (Å²) in [7, 11) is -3.12. The SMILES string of the molecule is CCCCS(=O)(=O)C1C=C(C2=C(C)ON(c3ccc4c(ccn4C(C)=O)c3)C2C)CCC1. The van der Waals surface area contributed by atoms with E-state index in [4.69, 9.17) is 4.84 Å². The summed E-state index contributed by atoms with van der Waals surface area (Å²) in [5.41, 5.74) is 3.96. The van der Waals surface area contributed by atoms with Crippen LogP contribution < -0.4 is 5.06 Å². The number of hydrogen-bond donors (Lipinski definition) is 0. The number of sulfone groups is 1. The van der Waals surface area contributed by atoms with Gasteiger partial charge in [0.1, 0.15) is 5.76 Å². The van der Waals surface area contributed by atoms with Crippen LogP contribution in [0.5, 0.6) is 0 Å². The van der Waals surface area contributed by atoms with Crippen molar-refractivity contribution in [3.05, 3.63) is 53.4 Å². The molecule has 0 saturated carbocycles. The van der Waals surface area contributed by atoms with Crippen LogP contribution >= 0.6 is 0 Å². The maximum Gasteiger partial charge on any atom is 0.227 e. The van der Waals surface area contributed by atoms with Gasteiger partial charge in [0.2, 0.25) is 5.91 Å². The average molecular weight is 457 g/mol. The molecule has 2 aromatic rings. The number of anilines is 1. The van der Waals surface area contributed by atoms with E-state index in [9.17, 15) is 13.2 Å². The minimum absolute atomic E-state index is 0.0222. The summed E-state index contributed by atoms with van der Waals surface area (Å²) >= 11 is 0. The number of rotatable bonds is 6. The van der Waals surface area contributed by atoms with E-state index >= 15 is 0 Å². The van der Waals surface area contributed by atoms with Crippen molar-refractivity contribution in [2.24, 2.45) is 0 Å². The van der Waals surface area contributed by atoms with Crippen LogP contribution in [0.1, 0.15) is 64.6 Å². The Morgan fingerprint density at radius 3 is 2.75 bits per heavy atom. The lowest BCUT2D eigenvalue weighted by atomic mass is 9.89. The van der Waals surface area contributed by atoms with Crippen LogP contribution in [0.2, 0.25) is 0 Å². The highest BCUT2D eigenvalue weighted by atomic mass is 32.2. The fourth-order valence-electron chi connectivity index (χ4n) is 4.89. The molecule has 0 radical (unpaired) electrons. The molecule has 4 rings (SSSR count). The van der Waals surface area contributed by atoms with Crippen LogP contribution in [0.25, 0.3) is 10.9 Å². The van der Waals surface area contributed by atoms with Gasteiger partial charge in [-0.2, -0.15) is 0 Å². The second kappa shape index (κ2) is 8.77. The third-order valence-corrected chi connectivity index (χ3v) is 8.72. The van der Waals surface area contributed by atoms with Crippen molar-refractivity contribution in [2.75, 3.05) is 10.8 Å². The van der Waals surface area contributed by atoms with E-state index in [0.29, 0.717) is 12.8 Å².